The van der Waals surface area contributed by atoms with Gasteiger partial charge in [-0.15, -0.1) is 0 Å². The lowest BCUT2D eigenvalue weighted by Crippen LogP contribution is -2.07. The lowest BCUT2D eigenvalue weighted by molar-refractivity contribution is 0.862. The molecule has 0 aliphatic carbocycles. The van der Waals surface area contributed by atoms with Crippen molar-refractivity contribution in [2.45, 2.75) is 32.4 Å². The SMILES string of the molecule is [CH2][SiH](C)C(C)CC. The van der Waals surface area contributed by atoms with Gasteiger partial charge in [-0.3, -0.25) is 0 Å². The normalized spacial score (nSPS) is 15.0. The second-order valence-corrected chi connectivity index (χ2v) is 5.46. The Hall–Kier alpha value is 0.217. The van der Waals surface area contributed by atoms with Gasteiger partial charge < -0.3 is 0 Å². The summed E-state index contributed by atoms with van der Waals surface area (Å²) in [4.78, 5) is 0. The standard InChI is InChI=1S/C6H15Si/c1-5-6(2)7(3)4/h6-7H,3,5H2,1-2,4H3. The molecule has 0 nitrogen and oxygen atoms in total. The van der Waals surface area contributed by atoms with E-state index in [-0.39, 0.29) is 0 Å². The molecule has 1 heteroatoms. The third-order valence-electron chi connectivity index (χ3n) is 1.62. The van der Waals surface area contributed by atoms with Crippen LogP contribution in [0.3, 0.4) is 0 Å². The Morgan fingerprint density at radius 3 is 2.14 bits per heavy atom. The molecule has 0 saturated carbocycles. The molecule has 0 spiro atoms. The van der Waals surface area contributed by atoms with Gasteiger partial charge in [0.25, 0.3) is 0 Å². The van der Waals surface area contributed by atoms with Gasteiger partial charge in [-0.1, -0.05) is 38.9 Å². The van der Waals surface area contributed by atoms with Crippen LogP contribution in [0.15, 0.2) is 0 Å². The van der Waals surface area contributed by atoms with Crippen LogP contribution in [0.4, 0.5) is 0 Å². The quantitative estimate of drug-likeness (QED) is 0.483. The smallest absolute Gasteiger partial charge is 0.0362 e. The van der Waals surface area contributed by atoms with Gasteiger partial charge in [0.05, 0.1) is 0 Å². The average molecular weight is 115 g/mol. The number of rotatable bonds is 2. The van der Waals surface area contributed by atoms with Gasteiger partial charge in [0, 0.05) is 8.80 Å². The Morgan fingerprint density at radius 2 is 2.14 bits per heavy atom. The van der Waals surface area contributed by atoms with Crippen LogP contribution >= 0.6 is 0 Å². The average Bonchev–Trinajstić information content (AvgIpc) is 1.65. The van der Waals surface area contributed by atoms with Crippen LogP contribution in [0, 0.1) is 6.55 Å². The summed E-state index contributed by atoms with van der Waals surface area (Å²) >= 11 is 0. The van der Waals surface area contributed by atoms with E-state index in [1.165, 1.54) is 6.42 Å². The highest BCUT2D eigenvalue weighted by atomic mass is 28.3. The monoisotopic (exact) mass is 115 g/mol. The van der Waals surface area contributed by atoms with E-state index in [0.29, 0.717) is 0 Å². The van der Waals surface area contributed by atoms with Gasteiger partial charge in [-0.05, 0) is 0 Å². The van der Waals surface area contributed by atoms with Crippen LogP contribution in [-0.4, -0.2) is 8.80 Å². The maximum atomic E-state index is 4.05. The molecule has 0 fully saturated rings. The molecule has 7 heavy (non-hydrogen) atoms. The Labute approximate surface area is 48.5 Å². The van der Waals surface area contributed by atoms with E-state index >= 15 is 0 Å². The van der Waals surface area contributed by atoms with Crippen LogP contribution in [0.1, 0.15) is 20.3 Å². The van der Waals surface area contributed by atoms with Gasteiger partial charge >= 0.3 is 0 Å². The predicted molar refractivity (Wildman–Crippen MR) is 38.1 cm³/mol. The molecule has 0 N–H and O–H groups in total. The summed E-state index contributed by atoms with van der Waals surface area (Å²) in [6.07, 6.45) is 1.32. The zero-order valence-electron chi connectivity index (χ0n) is 5.57. The molecule has 0 heterocycles. The molecule has 2 atom stereocenters. The van der Waals surface area contributed by atoms with Crippen molar-refractivity contribution in [1.29, 1.82) is 0 Å². The summed E-state index contributed by atoms with van der Waals surface area (Å²) in [6.45, 7) is 10.9. The highest BCUT2D eigenvalue weighted by Crippen LogP contribution is 2.11. The van der Waals surface area contributed by atoms with Gasteiger partial charge in [0.15, 0.2) is 0 Å². The lowest BCUT2D eigenvalue weighted by atomic mass is 10.4. The molecule has 0 bridgehead atoms. The Bertz CT molecular complexity index is 41.4. The summed E-state index contributed by atoms with van der Waals surface area (Å²) in [6, 6.07) is 0. The molecule has 43 valence electrons. The molecule has 0 aromatic carbocycles. The van der Waals surface area contributed by atoms with Crippen molar-refractivity contribution < 1.29 is 0 Å². The molecule has 0 rings (SSSR count). The third kappa shape index (κ3) is 2.86. The van der Waals surface area contributed by atoms with Crippen molar-refractivity contribution in [2.75, 3.05) is 0 Å². The fourth-order valence-corrected chi connectivity index (χ4v) is 1.21. The highest BCUT2D eigenvalue weighted by Gasteiger charge is 2.03. The first-order valence-corrected chi connectivity index (χ1v) is 5.65. The van der Waals surface area contributed by atoms with Crippen molar-refractivity contribution in [1.82, 2.24) is 0 Å². The topological polar surface area (TPSA) is 0 Å². The van der Waals surface area contributed by atoms with Crippen molar-refractivity contribution in [2.24, 2.45) is 0 Å². The first-order valence-electron chi connectivity index (χ1n) is 3.01. The van der Waals surface area contributed by atoms with Gasteiger partial charge in [-0.25, -0.2) is 0 Å². The summed E-state index contributed by atoms with van der Waals surface area (Å²) in [5, 5.41) is 0. The van der Waals surface area contributed by atoms with Crippen LogP contribution < -0.4 is 0 Å². The Balaban J connectivity index is 3.14. The van der Waals surface area contributed by atoms with Crippen molar-refractivity contribution in [3.8, 4) is 0 Å². The summed E-state index contributed by atoms with van der Waals surface area (Å²) in [5.41, 5.74) is 0.931. The molecular formula is C6H15Si. The van der Waals surface area contributed by atoms with Crippen LogP contribution in [-0.2, 0) is 0 Å². The van der Waals surface area contributed by atoms with E-state index < -0.39 is 8.80 Å². The molecule has 2 unspecified atom stereocenters. The second-order valence-electron chi connectivity index (χ2n) is 2.36. The minimum absolute atomic E-state index is 0.515. The molecule has 0 saturated heterocycles. The lowest BCUT2D eigenvalue weighted by Gasteiger charge is -2.08. The third-order valence-corrected chi connectivity index (χ3v) is 4.03. The van der Waals surface area contributed by atoms with E-state index in [9.17, 15) is 0 Å². The summed E-state index contributed by atoms with van der Waals surface area (Å²) in [5.74, 6) is 0. The van der Waals surface area contributed by atoms with E-state index in [1.807, 2.05) is 0 Å². The van der Waals surface area contributed by atoms with Crippen molar-refractivity contribution >= 4 is 8.80 Å². The molecule has 0 amide bonds. The highest BCUT2D eigenvalue weighted by molar-refractivity contribution is 6.60. The fraction of sp³-hybridized carbons (Fsp3) is 0.833. The zero-order chi connectivity index (χ0) is 5.86. The van der Waals surface area contributed by atoms with Crippen LogP contribution in [0.25, 0.3) is 0 Å². The predicted octanol–water partition coefficient (Wildman–Crippen LogP) is 2.02. The minimum atomic E-state index is -0.515. The zero-order valence-corrected chi connectivity index (χ0v) is 6.72. The largest absolute Gasteiger partial charge is 0.0718 e. The summed E-state index contributed by atoms with van der Waals surface area (Å²) in [7, 11) is -0.515. The number of hydrogen-bond acceptors (Lipinski definition) is 0. The van der Waals surface area contributed by atoms with Crippen molar-refractivity contribution in [3.05, 3.63) is 6.55 Å². The molecule has 0 aromatic heterocycles. The van der Waals surface area contributed by atoms with Gasteiger partial charge in [0.2, 0.25) is 0 Å². The maximum Gasteiger partial charge on any atom is 0.0362 e. The van der Waals surface area contributed by atoms with E-state index in [0.717, 1.165) is 5.54 Å². The molecule has 0 aromatic rings. The van der Waals surface area contributed by atoms with Crippen LogP contribution in [0.5, 0.6) is 0 Å². The van der Waals surface area contributed by atoms with E-state index in [2.05, 4.69) is 26.9 Å². The van der Waals surface area contributed by atoms with Crippen LogP contribution in [0.2, 0.25) is 12.1 Å². The maximum absolute atomic E-state index is 4.05. The molecular weight excluding hydrogens is 100 g/mol. The number of hydrogen-bond donors (Lipinski definition) is 0. The molecule has 0 aliphatic rings. The fourth-order valence-electron chi connectivity index (χ4n) is 0.402. The minimum Gasteiger partial charge on any atom is -0.0718 e. The van der Waals surface area contributed by atoms with Crippen molar-refractivity contribution in [3.63, 3.8) is 0 Å². The Kier molecular flexibility index (Phi) is 3.35. The first kappa shape index (κ1) is 7.22. The molecule has 1 radical (unpaired) electrons. The Morgan fingerprint density at radius 1 is 1.71 bits per heavy atom. The first-order chi connectivity index (χ1) is 3.18. The van der Waals surface area contributed by atoms with Gasteiger partial charge in [0.1, 0.15) is 0 Å². The molecule has 0 aliphatic heterocycles. The van der Waals surface area contributed by atoms with E-state index in [4.69, 9.17) is 0 Å². The van der Waals surface area contributed by atoms with E-state index in [1.54, 1.807) is 0 Å². The second kappa shape index (κ2) is 3.25. The summed E-state index contributed by atoms with van der Waals surface area (Å²) < 4.78 is 0. The van der Waals surface area contributed by atoms with Gasteiger partial charge in [-0.2, -0.15) is 0 Å².